The van der Waals surface area contributed by atoms with E-state index in [1.165, 1.54) is 6.92 Å². The lowest BCUT2D eigenvalue weighted by Gasteiger charge is -2.08. The van der Waals surface area contributed by atoms with Crippen molar-refractivity contribution >= 4 is 34.8 Å². The van der Waals surface area contributed by atoms with Crippen LogP contribution in [0.5, 0.6) is 0 Å². The van der Waals surface area contributed by atoms with Gasteiger partial charge in [-0.2, -0.15) is 0 Å². The second-order valence-corrected chi connectivity index (χ2v) is 6.01. The maximum atomic E-state index is 12.2. The molecule has 1 heterocycles. The van der Waals surface area contributed by atoms with Gasteiger partial charge < -0.3 is 16.0 Å². The molecule has 27 heavy (non-hydrogen) atoms. The molecule has 3 aromatic rings. The molecule has 0 unspecified atom stereocenters. The minimum absolute atomic E-state index is 0.121. The van der Waals surface area contributed by atoms with Gasteiger partial charge in [-0.3, -0.25) is 9.59 Å². The lowest BCUT2D eigenvalue weighted by atomic mass is 10.1. The summed E-state index contributed by atoms with van der Waals surface area (Å²) in [5.41, 5.74) is 3.17. The average Bonchev–Trinajstić information content (AvgIpc) is 2.65. The standard InChI is InChI=1S/C20H19N5O2/c1-13-3-5-15(6-4-13)20(27)23-19-12-11-18(24-25-19)22-17-9-7-16(8-10-17)21-14(2)26/h3-12H,1-2H3,(H,21,26)(H,22,24)(H,23,25,27). The van der Waals surface area contributed by atoms with Crippen molar-refractivity contribution in [2.75, 3.05) is 16.0 Å². The van der Waals surface area contributed by atoms with Gasteiger partial charge in [0.05, 0.1) is 0 Å². The van der Waals surface area contributed by atoms with Gasteiger partial charge in [0.25, 0.3) is 5.91 Å². The first kappa shape index (κ1) is 18.1. The first-order valence-electron chi connectivity index (χ1n) is 8.36. The van der Waals surface area contributed by atoms with Crippen molar-refractivity contribution < 1.29 is 9.59 Å². The number of nitrogens with one attached hydrogen (secondary N) is 3. The average molecular weight is 361 g/mol. The molecule has 2 aromatic carbocycles. The van der Waals surface area contributed by atoms with E-state index < -0.39 is 0 Å². The van der Waals surface area contributed by atoms with E-state index in [0.29, 0.717) is 22.9 Å². The Labute approximate surface area is 156 Å². The Balaban J connectivity index is 1.60. The fraction of sp³-hybridized carbons (Fsp3) is 0.100. The van der Waals surface area contributed by atoms with Crippen LogP contribution in [0.3, 0.4) is 0 Å². The molecule has 0 aliphatic heterocycles. The second kappa shape index (κ2) is 8.09. The van der Waals surface area contributed by atoms with Crippen LogP contribution in [0, 0.1) is 6.92 Å². The summed E-state index contributed by atoms with van der Waals surface area (Å²) in [4.78, 5) is 23.2. The Morgan fingerprint density at radius 3 is 1.93 bits per heavy atom. The number of rotatable bonds is 5. The monoisotopic (exact) mass is 361 g/mol. The van der Waals surface area contributed by atoms with Gasteiger partial charge in [0, 0.05) is 23.9 Å². The highest BCUT2D eigenvalue weighted by Gasteiger charge is 2.07. The number of aryl methyl sites for hydroxylation is 1. The molecule has 3 N–H and O–H groups in total. The van der Waals surface area contributed by atoms with Crippen LogP contribution in [-0.2, 0) is 4.79 Å². The number of hydrogen-bond donors (Lipinski definition) is 3. The van der Waals surface area contributed by atoms with E-state index in [1.807, 2.05) is 31.2 Å². The lowest BCUT2D eigenvalue weighted by molar-refractivity contribution is -0.114. The molecule has 3 rings (SSSR count). The molecule has 0 radical (unpaired) electrons. The molecule has 0 saturated heterocycles. The normalized spacial score (nSPS) is 10.1. The van der Waals surface area contributed by atoms with Gasteiger partial charge in [-0.15, -0.1) is 10.2 Å². The molecule has 136 valence electrons. The summed E-state index contributed by atoms with van der Waals surface area (Å²) in [5.74, 6) is 0.547. The van der Waals surface area contributed by atoms with Gasteiger partial charge in [0.15, 0.2) is 11.6 Å². The third-order valence-corrected chi connectivity index (χ3v) is 3.70. The van der Waals surface area contributed by atoms with E-state index in [1.54, 1.807) is 36.4 Å². The van der Waals surface area contributed by atoms with Crippen LogP contribution in [-0.4, -0.2) is 22.0 Å². The number of carbonyl (C=O) groups is 2. The predicted octanol–water partition coefficient (Wildman–Crippen LogP) is 3.74. The van der Waals surface area contributed by atoms with Crippen LogP contribution in [0.2, 0.25) is 0 Å². The van der Waals surface area contributed by atoms with Crippen molar-refractivity contribution in [3.8, 4) is 0 Å². The van der Waals surface area contributed by atoms with Crippen molar-refractivity contribution in [2.24, 2.45) is 0 Å². The highest BCUT2D eigenvalue weighted by molar-refractivity contribution is 6.03. The second-order valence-electron chi connectivity index (χ2n) is 6.01. The number of carbonyl (C=O) groups excluding carboxylic acids is 2. The minimum Gasteiger partial charge on any atom is -0.339 e. The molecule has 0 aliphatic carbocycles. The summed E-state index contributed by atoms with van der Waals surface area (Å²) in [5, 5.41) is 16.6. The minimum atomic E-state index is -0.237. The molecular formula is C20H19N5O2. The Morgan fingerprint density at radius 1 is 0.741 bits per heavy atom. The molecule has 1 aromatic heterocycles. The highest BCUT2D eigenvalue weighted by atomic mass is 16.2. The Hall–Kier alpha value is -3.74. The molecule has 0 atom stereocenters. The van der Waals surface area contributed by atoms with Crippen molar-refractivity contribution in [1.82, 2.24) is 10.2 Å². The number of nitrogens with zero attached hydrogens (tertiary/aromatic N) is 2. The van der Waals surface area contributed by atoms with Gasteiger partial charge in [-0.25, -0.2) is 0 Å². The van der Waals surface area contributed by atoms with Crippen molar-refractivity contribution in [2.45, 2.75) is 13.8 Å². The van der Waals surface area contributed by atoms with Gasteiger partial charge >= 0.3 is 0 Å². The molecule has 7 nitrogen and oxygen atoms in total. The van der Waals surface area contributed by atoms with Crippen LogP contribution < -0.4 is 16.0 Å². The van der Waals surface area contributed by atoms with E-state index in [4.69, 9.17) is 0 Å². The van der Waals surface area contributed by atoms with Crippen molar-refractivity contribution in [1.29, 1.82) is 0 Å². The largest absolute Gasteiger partial charge is 0.339 e. The topological polar surface area (TPSA) is 96.0 Å². The van der Waals surface area contributed by atoms with E-state index >= 15 is 0 Å². The fourth-order valence-electron chi connectivity index (χ4n) is 2.35. The smallest absolute Gasteiger partial charge is 0.256 e. The molecule has 2 amide bonds. The van der Waals surface area contributed by atoms with E-state index in [2.05, 4.69) is 26.1 Å². The summed E-state index contributed by atoms with van der Waals surface area (Å²) < 4.78 is 0. The molecular weight excluding hydrogens is 342 g/mol. The summed E-state index contributed by atoms with van der Waals surface area (Å²) >= 11 is 0. The lowest BCUT2D eigenvalue weighted by Crippen LogP contribution is -2.13. The highest BCUT2D eigenvalue weighted by Crippen LogP contribution is 2.18. The zero-order chi connectivity index (χ0) is 19.2. The maximum absolute atomic E-state index is 12.2. The summed E-state index contributed by atoms with van der Waals surface area (Å²) in [6, 6.07) is 17.9. The summed E-state index contributed by atoms with van der Waals surface area (Å²) in [7, 11) is 0. The van der Waals surface area contributed by atoms with E-state index in [9.17, 15) is 9.59 Å². The molecule has 0 aliphatic rings. The summed E-state index contributed by atoms with van der Waals surface area (Å²) in [6.45, 7) is 3.42. The quantitative estimate of drug-likeness (QED) is 0.643. The number of aromatic nitrogens is 2. The number of benzene rings is 2. The zero-order valence-corrected chi connectivity index (χ0v) is 15.0. The van der Waals surface area contributed by atoms with Gasteiger partial charge in [-0.1, -0.05) is 17.7 Å². The Bertz CT molecular complexity index is 936. The van der Waals surface area contributed by atoms with Gasteiger partial charge in [0.2, 0.25) is 5.91 Å². The fourth-order valence-corrected chi connectivity index (χ4v) is 2.35. The molecule has 0 bridgehead atoms. The SMILES string of the molecule is CC(=O)Nc1ccc(Nc2ccc(NC(=O)c3ccc(C)cc3)nn2)cc1. The number of hydrogen-bond acceptors (Lipinski definition) is 5. The molecule has 0 saturated carbocycles. The predicted molar refractivity (Wildman–Crippen MR) is 105 cm³/mol. The van der Waals surface area contributed by atoms with Crippen molar-refractivity contribution in [3.63, 3.8) is 0 Å². The van der Waals surface area contributed by atoms with Crippen LogP contribution in [0.1, 0.15) is 22.8 Å². The van der Waals surface area contributed by atoms with Crippen LogP contribution in [0.25, 0.3) is 0 Å². The number of anilines is 4. The molecule has 0 fully saturated rings. The zero-order valence-electron chi connectivity index (χ0n) is 15.0. The van der Waals surface area contributed by atoms with Crippen LogP contribution in [0.4, 0.5) is 23.0 Å². The van der Waals surface area contributed by atoms with Crippen molar-refractivity contribution in [3.05, 3.63) is 71.8 Å². The number of amides is 2. The van der Waals surface area contributed by atoms with E-state index in [0.717, 1.165) is 11.3 Å². The van der Waals surface area contributed by atoms with Crippen LogP contribution >= 0.6 is 0 Å². The van der Waals surface area contributed by atoms with Gasteiger partial charge in [-0.05, 0) is 55.5 Å². The Morgan fingerprint density at radius 2 is 1.33 bits per heavy atom. The molecule has 0 spiro atoms. The van der Waals surface area contributed by atoms with Crippen LogP contribution in [0.15, 0.2) is 60.7 Å². The van der Waals surface area contributed by atoms with Gasteiger partial charge in [0.1, 0.15) is 0 Å². The summed E-state index contributed by atoms with van der Waals surface area (Å²) in [6.07, 6.45) is 0. The Kier molecular flexibility index (Phi) is 5.41. The first-order chi connectivity index (χ1) is 13.0. The first-order valence-corrected chi connectivity index (χ1v) is 8.36. The van der Waals surface area contributed by atoms with E-state index in [-0.39, 0.29) is 11.8 Å². The third kappa shape index (κ3) is 5.12. The third-order valence-electron chi connectivity index (χ3n) is 3.70. The maximum Gasteiger partial charge on any atom is 0.256 e. The molecule has 7 heteroatoms.